The van der Waals surface area contributed by atoms with Gasteiger partial charge in [-0.1, -0.05) is 34.1 Å². The van der Waals surface area contributed by atoms with Crippen LogP contribution in [0.2, 0.25) is 0 Å². The molecule has 1 heterocycles. The zero-order chi connectivity index (χ0) is 22.5. The molecule has 1 atom stereocenters. The highest BCUT2D eigenvalue weighted by atomic mass is 79.9. The molecule has 1 saturated heterocycles. The van der Waals surface area contributed by atoms with E-state index >= 15 is 0 Å². The normalized spacial score (nSPS) is 15.5. The van der Waals surface area contributed by atoms with Gasteiger partial charge < -0.3 is 10.1 Å². The molecule has 2 aromatic carbocycles. The van der Waals surface area contributed by atoms with E-state index in [4.69, 9.17) is 4.74 Å². The minimum Gasteiger partial charge on any atom is -0.455 e. The number of nitrogens with zero attached hydrogens (tertiary/aromatic N) is 1. The molecule has 31 heavy (non-hydrogen) atoms. The van der Waals surface area contributed by atoms with Crippen molar-refractivity contribution in [1.82, 2.24) is 10.4 Å². The highest BCUT2D eigenvalue weighted by Gasteiger charge is 2.36. The van der Waals surface area contributed by atoms with Gasteiger partial charge in [-0.3, -0.25) is 29.6 Å². The van der Waals surface area contributed by atoms with Gasteiger partial charge >= 0.3 is 5.97 Å². The van der Waals surface area contributed by atoms with Crippen molar-refractivity contribution in [2.75, 3.05) is 18.5 Å². The fraction of sp³-hybridized carbons (Fsp3) is 0.273. The Morgan fingerprint density at radius 3 is 2.39 bits per heavy atom. The summed E-state index contributed by atoms with van der Waals surface area (Å²) in [7, 11) is 0. The fourth-order valence-electron chi connectivity index (χ4n) is 3.20. The molecule has 9 heteroatoms. The molecule has 0 radical (unpaired) electrons. The first kappa shape index (κ1) is 22.5. The van der Waals surface area contributed by atoms with E-state index in [9.17, 15) is 19.2 Å². The van der Waals surface area contributed by atoms with Gasteiger partial charge in [-0.05, 0) is 49.2 Å². The van der Waals surface area contributed by atoms with Gasteiger partial charge in [-0.25, -0.2) is 0 Å². The fourth-order valence-corrected chi connectivity index (χ4v) is 3.47. The van der Waals surface area contributed by atoms with Crippen LogP contribution in [0.25, 0.3) is 0 Å². The SMILES string of the molecule is Cc1cccc(C)c1NC(=O)COC(=O)[C@H]1CC(=O)N(NC(=O)c2ccc(Br)cc2)C1. The molecule has 0 spiro atoms. The summed E-state index contributed by atoms with van der Waals surface area (Å²) in [4.78, 5) is 49.0. The van der Waals surface area contributed by atoms with Gasteiger partial charge in [-0.2, -0.15) is 0 Å². The van der Waals surface area contributed by atoms with Crippen molar-refractivity contribution in [3.8, 4) is 0 Å². The predicted molar refractivity (Wildman–Crippen MR) is 117 cm³/mol. The molecule has 8 nitrogen and oxygen atoms in total. The summed E-state index contributed by atoms with van der Waals surface area (Å²) in [5.41, 5.74) is 5.37. The van der Waals surface area contributed by atoms with E-state index in [1.807, 2.05) is 32.0 Å². The number of hydrogen-bond donors (Lipinski definition) is 2. The van der Waals surface area contributed by atoms with Crippen LogP contribution in [-0.2, 0) is 19.1 Å². The van der Waals surface area contributed by atoms with E-state index in [1.54, 1.807) is 24.3 Å². The molecular weight excluding hydrogens is 466 g/mol. The van der Waals surface area contributed by atoms with Gasteiger partial charge in [0.1, 0.15) is 0 Å². The van der Waals surface area contributed by atoms with Crippen molar-refractivity contribution >= 4 is 45.3 Å². The van der Waals surface area contributed by atoms with Crippen molar-refractivity contribution < 1.29 is 23.9 Å². The molecule has 0 unspecified atom stereocenters. The van der Waals surface area contributed by atoms with Crippen molar-refractivity contribution in [2.45, 2.75) is 20.3 Å². The van der Waals surface area contributed by atoms with E-state index in [0.29, 0.717) is 11.3 Å². The number of nitrogens with one attached hydrogen (secondary N) is 2. The zero-order valence-electron chi connectivity index (χ0n) is 17.1. The number of carbonyl (C=O) groups excluding carboxylic acids is 4. The molecule has 162 valence electrons. The third-order valence-corrected chi connectivity index (χ3v) is 5.42. The first-order valence-corrected chi connectivity index (χ1v) is 10.4. The van der Waals surface area contributed by atoms with Crippen molar-refractivity contribution in [1.29, 1.82) is 0 Å². The quantitative estimate of drug-likeness (QED) is 0.609. The number of amides is 3. The van der Waals surface area contributed by atoms with Crippen LogP contribution in [0.15, 0.2) is 46.9 Å². The lowest BCUT2D eigenvalue weighted by Gasteiger charge is -2.17. The molecule has 2 N–H and O–H groups in total. The lowest BCUT2D eigenvalue weighted by molar-refractivity contribution is -0.151. The predicted octanol–water partition coefficient (Wildman–Crippen LogP) is 2.74. The standard InChI is InChI=1S/C22H22BrN3O5/c1-13-4-3-5-14(2)20(13)24-18(27)12-31-22(30)16-10-19(28)26(11-16)25-21(29)15-6-8-17(23)9-7-15/h3-9,16H,10-12H2,1-2H3,(H,24,27)(H,25,29)/t16-/m0/s1. The van der Waals surface area contributed by atoms with E-state index < -0.39 is 36.2 Å². The number of para-hydroxylation sites is 1. The number of benzene rings is 2. The number of rotatable bonds is 6. The minimum atomic E-state index is -0.759. The Kier molecular flexibility index (Phi) is 7.06. The van der Waals surface area contributed by atoms with E-state index in [2.05, 4.69) is 26.7 Å². The summed E-state index contributed by atoms with van der Waals surface area (Å²) in [6, 6.07) is 12.3. The Balaban J connectivity index is 1.50. The number of ether oxygens (including phenoxy) is 1. The third-order valence-electron chi connectivity index (χ3n) is 4.89. The van der Waals surface area contributed by atoms with Gasteiger partial charge in [0, 0.05) is 22.1 Å². The minimum absolute atomic E-state index is 0.0154. The Bertz CT molecular complexity index is 1000. The van der Waals surface area contributed by atoms with Crippen LogP contribution in [0.1, 0.15) is 27.9 Å². The molecule has 0 aliphatic carbocycles. The smallest absolute Gasteiger partial charge is 0.311 e. The molecule has 1 aliphatic rings. The first-order valence-electron chi connectivity index (χ1n) is 9.64. The summed E-state index contributed by atoms with van der Waals surface area (Å²) in [6.07, 6.45) is -0.0992. The highest BCUT2D eigenvalue weighted by molar-refractivity contribution is 9.10. The summed E-state index contributed by atoms with van der Waals surface area (Å²) in [5, 5.41) is 3.84. The average Bonchev–Trinajstić information content (AvgIpc) is 3.10. The largest absolute Gasteiger partial charge is 0.455 e. The number of anilines is 1. The lowest BCUT2D eigenvalue weighted by atomic mass is 10.1. The van der Waals surface area contributed by atoms with Gasteiger partial charge in [0.05, 0.1) is 12.5 Å². The van der Waals surface area contributed by atoms with Crippen LogP contribution >= 0.6 is 15.9 Å². The van der Waals surface area contributed by atoms with E-state index in [-0.39, 0.29) is 13.0 Å². The molecular formula is C22H22BrN3O5. The lowest BCUT2D eigenvalue weighted by Crippen LogP contribution is -2.43. The second-order valence-electron chi connectivity index (χ2n) is 7.28. The van der Waals surface area contributed by atoms with Gasteiger partial charge in [0.15, 0.2) is 6.61 Å². The van der Waals surface area contributed by atoms with E-state index in [0.717, 1.165) is 20.6 Å². The summed E-state index contributed by atoms with van der Waals surface area (Å²) in [6.45, 7) is 3.27. The number of carbonyl (C=O) groups is 4. The van der Waals surface area contributed by atoms with Crippen LogP contribution in [0.5, 0.6) is 0 Å². The van der Waals surface area contributed by atoms with Crippen LogP contribution in [0.4, 0.5) is 5.69 Å². The first-order chi connectivity index (χ1) is 14.7. The number of aryl methyl sites for hydroxylation is 2. The van der Waals surface area contributed by atoms with Crippen LogP contribution in [0.3, 0.4) is 0 Å². The molecule has 0 aromatic heterocycles. The van der Waals surface area contributed by atoms with Crippen molar-refractivity contribution in [2.24, 2.45) is 5.92 Å². The summed E-state index contributed by atoms with van der Waals surface area (Å²) >= 11 is 3.29. The molecule has 0 bridgehead atoms. The summed E-state index contributed by atoms with van der Waals surface area (Å²) < 4.78 is 5.92. The molecule has 1 aliphatic heterocycles. The van der Waals surface area contributed by atoms with E-state index in [1.165, 1.54) is 0 Å². The highest BCUT2D eigenvalue weighted by Crippen LogP contribution is 2.20. The summed E-state index contributed by atoms with van der Waals surface area (Å²) in [5.74, 6) is -2.73. The topological polar surface area (TPSA) is 105 Å². The van der Waals surface area contributed by atoms with Crippen LogP contribution < -0.4 is 10.7 Å². The maximum atomic E-state index is 12.3. The Labute approximate surface area is 188 Å². The maximum absolute atomic E-state index is 12.3. The van der Waals surface area contributed by atoms with Crippen molar-refractivity contribution in [3.05, 3.63) is 63.6 Å². The number of halogens is 1. The number of esters is 1. The Morgan fingerprint density at radius 2 is 1.74 bits per heavy atom. The molecule has 3 rings (SSSR count). The molecule has 3 amide bonds. The number of hydrogen-bond acceptors (Lipinski definition) is 5. The zero-order valence-corrected chi connectivity index (χ0v) is 18.7. The second-order valence-corrected chi connectivity index (χ2v) is 8.19. The van der Waals surface area contributed by atoms with Gasteiger partial charge in [0.25, 0.3) is 11.8 Å². The van der Waals surface area contributed by atoms with Crippen LogP contribution in [-0.4, -0.2) is 41.9 Å². The molecule has 1 fully saturated rings. The average molecular weight is 488 g/mol. The van der Waals surface area contributed by atoms with Gasteiger partial charge in [0.2, 0.25) is 5.91 Å². The third kappa shape index (κ3) is 5.69. The van der Waals surface area contributed by atoms with Crippen molar-refractivity contribution in [3.63, 3.8) is 0 Å². The number of hydrazine groups is 1. The molecule has 2 aromatic rings. The monoisotopic (exact) mass is 487 g/mol. The Morgan fingerprint density at radius 1 is 1.10 bits per heavy atom. The van der Waals surface area contributed by atoms with Crippen LogP contribution in [0, 0.1) is 19.8 Å². The molecule has 0 saturated carbocycles. The maximum Gasteiger partial charge on any atom is 0.311 e. The Hall–Kier alpha value is -3.20. The second kappa shape index (κ2) is 9.74. The van der Waals surface area contributed by atoms with Gasteiger partial charge in [-0.15, -0.1) is 0 Å².